The van der Waals surface area contributed by atoms with Crippen LogP contribution >= 0.6 is 22.7 Å². The number of nitrogens with zero attached hydrogens (tertiary/aromatic N) is 3. The molecule has 2 aromatic heterocycles. The summed E-state index contributed by atoms with van der Waals surface area (Å²) in [7, 11) is 0. The van der Waals surface area contributed by atoms with Crippen molar-refractivity contribution in [1.82, 2.24) is 9.97 Å². The SMILES string of the molecule is C.NCC1(c2nc(-c3ccccc3)cs2)CCOCC1.[AlH3].[C-]#[N+]C1(c2nc(-c3ccccc3)cs2)CCOCC1.[H-].[Li+]. The van der Waals surface area contributed by atoms with Crippen LogP contribution < -0.4 is 24.6 Å². The topological polar surface area (TPSA) is 74.6 Å². The molecule has 6 nitrogen and oxygen atoms in total. The van der Waals surface area contributed by atoms with Gasteiger partial charge in [-0.05, 0) is 12.8 Å². The van der Waals surface area contributed by atoms with E-state index in [9.17, 15) is 0 Å². The van der Waals surface area contributed by atoms with Crippen LogP contribution in [-0.4, -0.2) is 60.3 Å². The molecule has 2 fully saturated rings. The Labute approximate surface area is 276 Å². The molecule has 2 aliphatic rings. The van der Waals surface area contributed by atoms with Gasteiger partial charge in [-0.2, -0.15) is 0 Å². The van der Waals surface area contributed by atoms with Crippen molar-refractivity contribution in [2.45, 2.75) is 44.1 Å². The fraction of sp³-hybridized carbons (Fsp3) is 0.387. The second-order valence-corrected chi connectivity index (χ2v) is 11.4. The zero-order valence-corrected chi connectivity index (χ0v) is 24.0. The van der Waals surface area contributed by atoms with Gasteiger partial charge in [-0.1, -0.05) is 68.1 Å². The molecule has 0 amide bonds. The third-order valence-electron chi connectivity index (χ3n) is 7.37. The van der Waals surface area contributed by atoms with Gasteiger partial charge >= 0.3 is 18.9 Å². The Morgan fingerprint density at radius 2 is 1.22 bits per heavy atom. The minimum atomic E-state index is -0.462. The maximum Gasteiger partial charge on any atom is 1.00 e. The van der Waals surface area contributed by atoms with Gasteiger partial charge in [-0.25, -0.2) is 16.5 Å². The van der Waals surface area contributed by atoms with E-state index in [1.54, 1.807) is 22.7 Å². The summed E-state index contributed by atoms with van der Waals surface area (Å²) in [5.74, 6) is 0. The predicted octanol–water partition coefficient (Wildman–Crippen LogP) is 3.12. The van der Waals surface area contributed by atoms with Gasteiger partial charge in [0.1, 0.15) is 5.01 Å². The van der Waals surface area contributed by atoms with Crippen molar-refractivity contribution < 1.29 is 29.8 Å². The van der Waals surface area contributed by atoms with Crippen LogP contribution in [-0.2, 0) is 20.4 Å². The summed E-state index contributed by atoms with van der Waals surface area (Å²) in [6.07, 6.45) is 3.45. The van der Waals surface area contributed by atoms with Crippen LogP contribution in [0.25, 0.3) is 27.4 Å². The van der Waals surface area contributed by atoms with Gasteiger partial charge in [-0.15, -0.1) is 22.7 Å². The average Bonchev–Trinajstić information content (AvgIpc) is 3.71. The average molecular weight is 599 g/mol. The van der Waals surface area contributed by atoms with Crippen LogP contribution in [0.2, 0.25) is 0 Å². The third-order valence-corrected chi connectivity index (χ3v) is 9.50. The molecule has 4 aromatic rings. The molecule has 2 aliphatic heterocycles. The maximum absolute atomic E-state index is 7.53. The van der Waals surface area contributed by atoms with Crippen molar-refractivity contribution in [2.75, 3.05) is 33.0 Å². The molecule has 0 unspecified atom stereocenters. The minimum absolute atomic E-state index is 0. The maximum atomic E-state index is 7.53. The first-order chi connectivity index (χ1) is 18.7. The van der Waals surface area contributed by atoms with E-state index in [-0.39, 0.29) is 50.5 Å². The summed E-state index contributed by atoms with van der Waals surface area (Å²) in [6, 6.07) is 20.4. The zero-order chi connectivity index (χ0) is 26.3. The van der Waals surface area contributed by atoms with Gasteiger partial charge in [0.25, 0.3) is 5.54 Å². The Hall–Kier alpha value is -1.80. The van der Waals surface area contributed by atoms with Gasteiger partial charge in [0.15, 0.2) is 22.4 Å². The largest absolute Gasteiger partial charge is 1.00 e. The number of ether oxygens (including phenoxy) is 2. The van der Waals surface area contributed by atoms with Gasteiger partial charge in [0.2, 0.25) is 0 Å². The number of nitrogens with two attached hydrogens (primary N) is 1. The van der Waals surface area contributed by atoms with Crippen molar-refractivity contribution in [1.29, 1.82) is 0 Å². The van der Waals surface area contributed by atoms with Gasteiger partial charge in [-0.3, -0.25) is 0 Å². The third kappa shape index (κ3) is 8.19. The number of thiazole rings is 2. The molecule has 0 atom stereocenters. The first-order valence-corrected chi connectivity index (χ1v) is 14.7. The van der Waals surface area contributed by atoms with Crippen LogP contribution in [0.1, 0.15) is 44.6 Å². The first kappa shape index (κ1) is 35.4. The van der Waals surface area contributed by atoms with E-state index in [4.69, 9.17) is 31.7 Å². The predicted molar refractivity (Wildman–Crippen MR) is 172 cm³/mol. The molecule has 0 spiro atoms. The Morgan fingerprint density at radius 3 is 1.68 bits per heavy atom. The zero-order valence-electron chi connectivity index (χ0n) is 23.3. The van der Waals surface area contributed by atoms with Crippen LogP contribution in [0.15, 0.2) is 71.4 Å². The second kappa shape index (κ2) is 16.7. The van der Waals surface area contributed by atoms with E-state index in [0.717, 1.165) is 65.9 Å². The minimum Gasteiger partial charge on any atom is -1.00 e. The smallest absolute Gasteiger partial charge is 1.00 e. The van der Waals surface area contributed by atoms with Crippen LogP contribution in [0.5, 0.6) is 0 Å². The fourth-order valence-electron chi connectivity index (χ4n) is 4.84. The van der Waals surface area contributed by atoms with Crippen molar-refractivity contribution in [3.8, 4) is 22.5 Å². The molecule has 6 rings (SSSR count). The van der Waals surface area contributed by atoms with Gasteiger partial charge < -0.3 is 21.5 Å². The molecule has 2 aromatic carbocycles. The Kier molecular flexibility index (Phi) is 14.4. The van der Waals surface area contributed by atoms with E-state index in [1.807, 2.05) is 53.9 Å². The molecule has 2 N–H and O–H groups in total. The van der Waals surface area contributed by atoms with Gasteiger partial charge in [0.05, 0.1) is 37.4 Å². The molecule has 212 valence electrons. The molecule has 10 heteroatoms. The van der Waals surface area contributed by atoms with Crippen LogP contribution in [0, 0.1) is 6.57 Å². The Morgan fingerprint density at radius 1 is 0.780 bits per heavy atom. The fourth-order valence-corrected chi connectivity index (χ4v) is 6.97. The summed E-state index contributed by atoms with van der Waals surface area (Å²) in [5.41, 5.74) is 9.89. The molecule has 0 aliphatic carbocycles. The van der Waals surface area contributed by atoms with Crippen molar-refractivity contribution in [3.05, 3.63) is 92.9 Å². The van der Waals surface area contributed by atoms with Crippen molar-refractivity contribution in [3.63, 3.8) is 0 Å². The van der Waals surface area contributed by atoms with Crippen LogP contribution in [0.4, 0.5) is 0 Å². The summed E-state index contributed by atoms with van der Waals surface area (Å²) < 4.78 is 10.8. The molecular formula is C31H40AlLiN4O2S2. The van der Waals surface area contributed by atoms with Gasteiger partial charge in [0, 0.05) is 47.1 Å². The summed E-state index contributed by atoms with van der Waals surface area (Å²) in [6.45, 7) is 11.1. The molecular weight excluding hydrogens is 558 g/mol. The number of hydrogen-bond acceptors (Lipinski definition) is 7. The van der Waals surface area contributed by atoms with Crippen molar-refractivity contribution >= 4 is 40.0 Å². The standard InChI is InChI=1S/C15H14N2OS.C15H18N2OS.CH4.Al.Li.4H/c1-16-15(7-9-18-10-8-15)14-17-13(11-19-14)12-5-3-2-4-6-12;16-11-15(6-8-18-9-7-15)14-17-13(10-19-14)12-4-2-1-3-5-12;;;;;;;/h2-6,11H,7-10H2;1-5,10H,6-9,11,16H2;1H4;;;;;;/q;;;;+1;;;;-1. The summed E-state index contributed by atoms with van der Waals surface area (Å²) in [5, 5.41) is 6.28. The molecule has 0 bridgehead atoms. The number of hydrogen-bond donors (Lipinski definition) is 1. The van der Waals surface area contributed by atoms with Crippen LogP contribution in [0.3, 0.4) is 0 Å². The van der Waals surface area contributed by atoms with E-state index < -0.39 is 5.54 Å². The molecule has 41 heavy (non-hydrogen) atoms. The molecule has 2 saturated heterocycles. The van der Waals surface area contributed by atoms with Crippen molar-refractivity contribution in [2.24, 2.45) is 5.73 Å². The van der Waals surface area contributed by atoms with E-state index in [1.165, 1.54) is 5.56 Å². The van der Waals surface area contributed by atoms with E-state index >= 15 is 0 Å². The monoisotopic (exact) mass is 598 g/mol. The van der Waals surface area contributed by atoms with E-state index in [2.05, 4.69) is 22.4 Å². The Bertz CT molecular complexity index is 1360. The molecule has 0 radical (unpaired) electrons. The Balaban J connectivity index is 0.000000383. The first-order valence-electron chi connectivity index (χ1n) is 13.0. The normalized spacial score (nSPS) is 16.8. The number of aromatic nitrogens is 2. The number of benzene rings is 2. The van der Waals surface area contributed by atoms with E-state index in [0.29, 0.717) is 19.8 Å². The second-order valence-electron chi connectivity index (χ2n) is 9.66. The quantitative estimate of drug-likeness (QED) is 0.282. The number of rotatable bonds is 5. The summed E-state index contributed by atoms with van der Waals surface area (Å²) in [4.78, 5) is 13.4. The molecule has 4 heterocycles. The summed E-state index contributed by atoms with van der Waals surface area (Å²) >= 11 is 3.32. The molecule has 0 saturated carbocycles.